The van der Waals surface area contributed by atoms with E-state index in [0.717, 1.165) is 26.2 Å². The van der Waals surface area contributed by atoms with Gasteiger partial charge in [-0.1, -0.05) is 6.07 Å². The van der Waals surface area contributed by atoms with Crippen LogP contribution in [0.25, 0.3) is 22.3 Å². The lowest BCUT2D eigenvalue weighted by atomic mass is 10.1. The molecule has 0 fully saturated rings. The summed E-state index contributed by atoms with van der Waals surface area (Å²) in [4.78, 5) is 8.73. The maximum Gasteiger partial charge on any atom is 0.159 e. The Kier molecular flexibility index (Phi) is 2.29. The summed E-state index contributed by atoms with van der Waals surface area (Å²) in [6, 6.07) is 6.22. The average molecular weight is 294 g/mol. The molecule has 0 unspecified atom stereocenters. The average Bonchev–Trinajstić information content (AvgIpc) is 2.86. The number of fused-ring (bicyclic) bond motifs is 1. The normalized spacial score (nSPS) is 11.1. The standard InChI is InChI=1S/C11H8BrN3S/c1-15-6-13-8-4-7(2-3-10(8)15)9-5-16-11(12)14-9/h2-6H,1H3. The molecule has 0 aliphatic carbocycles. The van der Waals surface area contributed by atoms with Gasteiger partial charge in [-0.15, -0.1) is 11.3 Å². The molecule has 0 N–H and O–H groups in total. The van der Waals surface area contributed by atoms with Crippen LogP contribution in [0.5, 0.6) is 0 Å². The highest BCUT2D eigenvalue weighted by Crippen LogP contribution is 2.27. The van der Waals surface area contributed by atoms with Crippen molar-refractivity contribution in [3.05, 3.63) is 33.8 Å². The summed E-state index contributed by atoms with van der Waals surface area (Å²) in [6.45, 7) is 0. The highest BCUT2D eigenvalue weighted by molar-refractivity contribution is 9.11. The van der Waals surface area contributed by atoms with Crippen LogP contribution in [0.4, 0.5) is 0 Å². The summed E-state index contributed by atoms with van der Waals surface area (Å²) in [7, 11) is 1.99. The van der Waals surface area contributed by atoms with Gasteiger partial charge in [0.25, 0.3) is 0 Å². The van der Waals surface area contributed by atoms with E-state index in [9.17, 15) is 0 Å². The highest BCUT2D eigenvalue weighted by atomic mass is 79.9. The summed E-state index contributed by atoms with van der Waals surface area (Å²) in [5.74, 6) is 0. The van der Waals surface area contributed by atoms with E-state index in [1.807, 2.05) is 23.3 Å². The van der Waals surface area contributed by atoms with Crippen LogP contribution in [0.2, 0.25) is 0 Å². The number of imidazole rings is 1. The number of hydrogen-bond donors (Lipinski definition) is 0. The molecule has 0 saturated heterocycles. The van der Waals surface area contributed by atoms with Crippen molar-refractivity contribution in [2.75, 3.05) is 0 Å². The highest BCUT2D eigenvalue weighted by Gasteiger charge is 2.05. The first-order chi connectivity index (χ1) is 7.74. The summed E-state index contributed by atoms with van der Waals surface area (Å²) in [5.41, 5.74) is 4.24. The second-order valence-corrected chi connectivity index (χ2v) is 5.68. The third-order valence-electron chi connectivity index (χ3n) is 2.50. The topological polar surface area (TPSA) is 30.7 Å². The fourth-order valence-electron chi connectivity index (χ4n) is 1.68. The van der Waals surface area contributed by atoms with E-state index in [-0.39, 0.29) is 0 Å². The molecular weight excluding hydrogens is 286 g/mol. The van der Waals surface area contributed by atoms with E-state index in [1.165, 1.54) is 0 Å². The van der Waals surface area contributed by atoms with Gasteiger partial charge in [0.2, 0.25) is 0 Å². The molecule has 80 valence electrons. The molecular formula is C11H8BrN3S. The number of aromatic nitrogens is 3. The molecule has 0 spiro atoms. The minimum absolute atomic E-state index is 0.906. The number of nitrogens with zero attached hydrogens (tertiary/aromatic N) is 3. The van der Waals surface area contributed by atoms with Crippen molar-refractivity contribution in [1.82, 2.24) is 14.5 Å². The first-order valence-corrected chi connectivity index (χ1v) is 6.44. The van der Waals surface area contributed by atoms with Crippen molar-refractivity contribution in [3.63, 3.8) is 0 Å². The van der Waals surface area contributed by atoms with E-state index in [4.69, 9.17) is 0 Å². The number of thiazole rings is 1. The quantitative estimate of drug-likeness (QED) is 0.688. The predicted molar refractivity (Wildman–Crippen MR) is 69.5 cm³/mol. The molecule has 0 bridgehead atoms. The molecule has 3 nitrogen and oxygen atoms in total. The van der Waals surface area contributed by atoms with E-state index in [0.29, 0.717) is 0 Å². The fourth-order valence-corrected chi connectivity index (χ4v) is 2.70. The van der Waals surface area contributed by atoms with Crippen molar-refractivity contribution in [1.29, 1.82) is 0 Å². The van der Waals surface area contributed by atoms with Crippen LogP contribution >= 0.6 is 27.3 Å². The van der Waals surface area contributed by atoms with Crippen molar-refractivity contribution < 1.29 is 0 Å². The van der Waals surface area contributed by atoms with Crippen LogP contribution in [0, 0.1) is 0 Å². The van der Waals surface area contributed by atoms with Crippen molar-refractivity contribution in [2.24, 2.45) is 7.05 Å². The Morgan fingerprint density at radius 2 is 2.25 bits per heavy atom. The van der Waals surface area contributed by atoms with E-state index >= 15 is 0 Å². The molecule has 0 radical (unpaired) electrons. The number of rotatable bonds is 1. The summed E-state index contributed by atoms with van der Waals surface area (Å²) >= 11 is 4.96. The van der Waals surface area contributed by atoms with Gasteiger partial charge in [-0.2, -0.15) is 0 Å². The number of benzene rings is 1. The molecule has 2 heterocycles. The fraction of sp³-hybridized carbons (Fsp3) is 0.0909. The molecule has 3 aromatic rings. The maximum atomic E-state index is 4.40. The van der Waals surface area contributed by atoms with Gasteiger partial charge in [0.1, 0.15) is 0 Å². The van der Waals surface area contributed by atoms with Gasteiger partial charge in [0.15, 0.2) is 3.92 Å². The minimum Gasteiger partial charge on any atom is -0.334 e. The molecule has 0 atom stereocenters. The van der Waals surface area contributed by atoms with Gasteiger partial charge < -0.3 is 4.57 Å². The Morgan fingerprint density at radius 1 is 1.38 bits per heavy atom. The molecule has 16 heavy (non-hydrogen) atoms. The SMILES string of the molecule is Cn1cnc2cc(-c3csc(Br)n3)ccc21. The Morgan fingerprint density at radius 3 is 3.00 bits per heavy atom. The smallest absolute Gasteiger partial charge is 0.159 e. The largest absolute Gasteiger partial charge is 0.334 e. The summed E-state index contributed by atoms with van der Waals surface area (Å²) in [5, 5.41) is 2.04. The van der Waals surface area contributed by atoms with Crippen LogP contribution in [0.3, 0.4) is 0 Å². The van der Waals surface area contributed by atoms with Crippen molar-refractivity contribution in [3.8, 4) is 11.3 Å². The van der Waals surface area contributed by atoms with Gasteiger partial charge in [-0.05, 0) is 28.1 Å². The lowest BCUT2D eigenvalue weighted by Crippen LogP contribution is -1.83. The predicted octanol–water partition coefficient (Wildman–Crippen LogP) is 3.46. The Bertz CT molecular complexity index is 656. The van der Waals surface area contributed by atoms with Crippen LogP contribution < -0.4 is 0 Å². The lowest BCUT2D eigenvalue weighted by molar-refractivity contribution is 0.948. The third kappa shape index (κ3) is 1.56. The minimum atomic E-state index is 0.906. The zero-order chi connectivity index (χ0) is 11.1. The molecule has 2 aromatic heterocycles. The van der Waals surface area contributed by atoms with E-state index in [2.05, 4.69) is 44.1 Å². The van der Waals surface area contributed by atoms with Gasteiger partial charge in [-0.3, -0.25) is 0 Å². The molecule has 0 aliphatic rings. The van der Waals surface area contributed by atoms with Gasteiger partial charge in [0.05, 0.1) is 23.1 Å². The van der Waals surface area contributed by atoms with Gasteiger partial charge in [-0.25, -0.2) is 9.97 Å². The maximum absolute atomic E-state index is 4.40. The first-order valence-electron chi connectivity index (χ1n) is 4.76. The monoisotopic (exact) mass is 293 g/mol. The number of halogens is 1. The molecule has 0 saturated carbocycles. The van der Waals surface area contributed by atoms with Gasteiger partial charge in [0, 0.05) is 18.0 Å². The Labute approximate surface area is 105 Å². The van der Waals surface area contributed by atoms with Crippen molar-refractivity contribution >= 4 is 38.3 Å². The second-order valence-electron chi connectivity index (χ2n) is 3.54. The molecule has 1 aromatic carbocycles. The van der Waals surface area contributed by atoms with Crippen molar-refractivity contribution in [2.45, 2.75) is 0 Å². The molecule has 5 heteroatoms. The zero-order valence-electron chi connectivity index (χ0n) is 8.51. The zero-order valence-corrected chi connectivity index (χ0v) is 10.9. The second kappa shape index (κ2) is 3.68. The van der Waals surface area contributed by atoms with Crippen LogP contribution in [0.15, 0.2) is 33.8 Å². The van der Waals surface area contributed by atoms with Crippen LogP contribution in [-0.4, -0.2) is 14.5 Å². The molecule has 0 aliphatic heterocycles. The number of hydrogen-bond acceptors (Lipinski definition) is 3. The van der Waals surface area contributed by atoms with Crippen LogP contribution in [-0.2, 0) is 7.05 Å². The third-order valence-corrected chi connectivity index (χ3v) is 3.86. The Balaban J connectivity index is 2.18. The summed E-state index contributed by atoms with van der Waals surface area (Å²) in [6.07, 6.45) is 1.82. The van der Waals surface area contributed by atoms with E-state index < -0.39 is 0 Å². The molecule has 3 rings (SSSR count). The number of aryl methyl sites for hydroxylation is 1. The molecule has 0 amide bonds. The Hall–Kier alpha value is -1.20. The summed E-state index contributed by atoms with van der Waals surface area (Å²) < 4.78 is 2.92. The first kappa shape index (κ1) is 9.99. The van der Waals surface area contributed by atoms with E-state index in [1.54, 1.807) is 11.3 Å². The lowest BCUT2D eigenvalue weighted by Gasteiger charge is -1.97. The van der Waals surface area contributed by atoms with Gasteiger partial charge >= 0.3 is 0 Å². The van der Waals surface area contributed by atoms with Crippen LogP contribution in [0.1, 0.15) is 0 Å².